The summed E-state index contributed by atoms with van der Waals surface area (Å²) in [6.07, 6.45) is 0.574. The number of benzene rings is 1. The summed E-state index contributed by atoms with van der Waals surface area (Å²) >= 11 is 1.45. The molecule has 32 heavy (non-hydrogen) atoms. The van der Waals surface area contributed by atoms with Gasteiger partial charge in [-0.2, -0.15) is 0 Å². The first-order valence-electron chi connectivity index (χ1n) is 10.1. The van der Waals surface area contributed by atoms with Crippen LogP contribution in [0, 0.1) is 10.1 Å². The number of nitrogens with one attached hydrogen (secondary N) is 1. The van der Waals surface area contributed by atoms with E-state index in [1.54, 1.807) is 0 Å². The van der Waals surface area contributed by atoms with Gasteiger partial charge in [0.2, 0.25) is 0 Å². The average molecular weight is 457 g/mol. The number of amides is 1. The largest absolute Gasteiger partial charge is 0.370 e. The van der Waals surface area contributed by atoms with Crippen LogP contribution in [0.1, 0.15) is 61.2 Å². The van der Waals surface area contributed by atoms with Gasteiger partial charge in [-0.05, 0) is 31.5 Å². The molecule has 0 atom stereocenters. The molecule has 0 fully saturated rings. The quantitative estimate of drug-likeness (QED) is 0.472. The van der Waals surface area contributed by atoms with Gasteiger partial charge >= 0.3 is 0 Å². The minimum Gasteiger partial charge on any atom is -0.370 e. The van der Waals surface area contributed by atoms with Crippen LogP contribution >= 0.6 is 11.3 Å². The molecule has 10 heteroatoms. The van der Waals surface area contributed by atoms with Crippen molar-refractivity contribution in [3.63, 3.8) is 0 Å². The zero-order valence-electron chi connectivity index (χ0n) is 18.5. The van der Waals surface area contributed by atoms with Gasteiger partial charge in [0.15, 0.2) is 0 Å². The number of nitrogens with zero attached hydrogens (tertiary/aromatic N) is 3. The standard InChI is InChI=1S/C22H24N4O5S/c1-21(2,3)20-23-18-16(14-10-22(4,5)31-11-15(14)32-18)19(28)25(20)24-17(27)12-6-8-13(9-7-12)26(29)30/h6-9H,10-11H2,1-5H3,(H,24,27). The number of thiophene rings is 1. The molecule has 0 spiro atoms. The monoisotopic (exact) mass is 456 g/mol. The Hall–Kier alpha value is -3.11. The number of nitro benzene ring substituents is 1. The molecule has 2 aromatic heterocycles. The molecule has 1 N–H and O–H groups in total. The van der Waals surface area contributed by atoms with E-state index in [1.807, 2.05) is 34.6 Å². The van der Waals surface area contributed by atoms with Crippen molar-refractivity contribution in [3.8, 4) is 0 Å². The van der Waals surface area contributed by atoms with Crippen molar-refractivity contribution in [3.05, 3.63) is 66.6 Å². The van der Waals surface area contributed by atoms with Crippen molar-refractivity contribution in [2.75, 3.05) is 5.43 Å². The van der Waals surface area contributed by atoms with E-state index in [9.17, 15) is 19.7 Å². The number of non-ortho nitro benzene ring substituents is 1. The van der Waals surface area contributed by atoms with Gasteiger partial charge in [-0.15, -0.1) is 11.3 Å². The van der Waals surface area contributed by atoms with Gasteiger partial charge in [-0.1, -0.05) is 20.8 Å². The Morgan fingerprint density at radius 3 is 2.53 bits per heavy atom. The second-order valence-corrected chi connectivity index (χ2v) is 10.6. The normalized spacial score (nSPS) is 15.4. The first-order valence-corrected chi connectivity index (χ1v) is 11.0. The Bertz CT molecular complexity index is 1300. The van der Waals surface area contributed by atoms with Gasteiger partial charge in [0, 0.05) is 34.4 Å². The third-order valence-corrected chi connectivity index (χ3v) is 6.43. The maximum absolute atomic E-state index is 13.6. The zero-order valence-corrected chi connectivity index (χ0v) is 19.3. The van der Waals surface area contributed by atoms with E-state index in [1.165, 1.54) is 40.3 Å². The molecule has 1 aromatic carbocycles. The van der Waals surface area contributed by atoms with Crippen LogP contribution in [0.5, 0.6) is 0 Å². The van der Waals surface area contributed by atoms with E-state index in [0.717, 1.165) is 10.4 Å². The van der Waals surface area contributed by atoms with Crippen LogP contribution in [0.4, 0.5) is 5.69 Å². The Morgan fingerprint density at radius 2 is 1.94 bits per heavy atom. The molecule has 0 unspecified atom stereocenters. The predicted molar refractivity (Wildman–Crippen MR) is 122 cm³/mol. The first-order chi connectivity index (χ1) is 14.9. The third kappa shape index (κ3) is 3.91. The molecule has 4 rings (SSSR count). The van der Waals surface area contributed by atoms with Crippen molar-refractivity contribution >= 4 is 33.1 Å². The lowest BCUT2D eigenvalue weighted by Gasteiger charge is -2.30. The molecule has 0 aliphatic carbocycles. The van der Waals surface area contributed by atoms with Crippen molar-refractivity contribution in [1.29, 1.82) is 0 Å². The maximum Gasteiger partial charge on any atom is 0.281 e. The third-order valence-electron chi connectivity index (χ3n) is 5.33. The number of rotatable bonds is 3. The molecule has 1 aliphatic rings. The molecule has 1 aliphatic heterocycles. The van der Waals surface area contributed by atoms with Crippen LogP contribution in [0.3, 0.4) is 0 Å². The van der Waals surface area contributed by atoms with E-state index >= 15 is 0 Å². The second-order valence-electron chi connectivity index (χ2n) is 9.48. The highest BCUT2D eigenvalue weighted by atomic mass is 32.1. The lowest BCUT2D eigenvalue weighted by atomic mass is 9.93. The van der Waals surface area contributed by atoms with Crippen LogP contribution < -0.4 is 11.0 Å². The van der Waals surface area contributed by atoms with E-state index in [0.29, 0.717) is 29.1 Å². The fourth-order valence-electron chi connectivity index (χ4n) is 3.70. The van der Waals surface area contributed by atoms with E-state index in [2.05, 4.69) is 5.43 Å². The van der Waals surface area contributed by atoms with Crippen LogP contribution in [-0.4, -0.2) is 26.1 Å². The summed E-state index contributed by atoms with van der Waals surface area (Å²) in [6, 6.07) is 5.21. The Balaban J connectivity index is 1.83. The highest BCUT2D eigenvalue weighted by Gasteiger charge is 2.33. The molecular formula is C22H24N4O5S. The van der Waals surface area contributed by atoms with Gasteiger partial charge in [0.1, 0.15) is 10.7 Å². The number of carbonyl (C=O) groups is 1. The molecule has 3 aromatic rings. The summed E-state index contributed by atoms with van der Waals surface area (Å²) in [5.74, 6) is -0.134. The smallest absolute Gasteiger partial charge is 0.281 e. The topological polar surface area (TPSA) is 116 Å². The number of aromatic nitrogens is 2. The van der Waals surface area contributed by atoms with E-state index < -0.39 is 21.8 Å². The number of fused-ring (bicyclic) bond motifs is 3. The van der Waals surface area contributed by atoms with Gasteiger partial charge in [0.05, 0.1) is 22.5 Å². The molecule has 9 nitrogen and oxygen atoms in total. The number of hydrogen-bond donors (Lipinski definition) is 1. The van der Waals surface area contributed by atoms with Crippen molar-refractivity contribution in [2.24, 2.45) is 0 Å². The SMILES string of the molecule is CC1(C)Cc2c(sc3nc(C(C)(C)C)n(NC(=O)c4ccc([N+](=O)[O-])cc4)c(=O)c23)CO1. The maximum atomic E-state index is 13.6. The molecule has 0 radical (unpaired) electrons. The molecule has 3 heterocycles. The van der Waals surface area contributed by atoms with Gasteiger partial charge in [-0.3, -0.25) is 25.1 Å². The molecule has 1 amide bonds. The number of ether oxygens (including phenoxy) is 1. The van der Waals surface area contributed by atoms with Gasteiger partial charge in [0.25, 0.3) is 17.2 Å². The van der Waals surface area contributed by atoms with E-state index in [-0.39, 0.29) is 16.8 Å². The van der Waals surface area contributed by atoms with Crippen molar-refractivity contribution in [2.45, 2.75) is 58.7 Å². The lowest BCUT2D eigenvalue weighted by Crippen LogP contribution is -2.40. The number of carbonyl (C=O) groups excluding carboxylic acids is 1. The molecule has 168 valence electrons. The highest BCUT2D eigenvalue weighted by molar-refractivity contribution is 7.18. The predicted octanol–water partition coefficient (Wildman–Crippen LogP) is 3.90. The highest BCUT2D eigenvalue weighted by Crippen LogP contribution is 2.37. The second kappa shape index (κ2) is 7.49. The zero-order chi connectivity index (χ0) is 23.4. The molecule has 0 bridgehead atoms. The average Bonchev–Trinajstić information content (AvgIpc) is 3.05. The molecule has 0 saturated heterocycles. The summed E-state index contributed by atoms with van der Waals surface area (Å²) in [6.45, 7) is 10.1. The number of hydrogen-bond acceptors (Lipinski definition) is 7. The molecule has 0 saturated carbocycles. The minimum atomic E-state index is -0.554. The lowest BCUT2D eigenvalue weighted by molar-refractivity contribution is -0.384. The summed E-state index contributed by atoms with van der Waals surface area (Å²) in [5, 5.41) is 11.4. The fraction of sp³-hybridized carbons (Fsp3) is 0.409. The Labute approximate surface area is 188 Å². The Morgan fingerprint density at radius 1 is 1.28 bits per heavy atom. The fourth-order valence-corrected chi connectivity index (χ4v) is 4.79. The minimum absolute atomic E-state index is 0.119. The van der Waals surface area contributed by atoms with Crippen LogP contribution in [0.2, 0.25) is 0 Å². The van der Waals surface area contributed by atoms with Gasteiger partial charge < -0.3 is 4.74 Å². The summed E-state index contributed by atoms with van der Waals surface area (Å²) in [7, 11) is 0. The summed E-state index contributed by atoms with van der Waals surface area (Å²) < 4.78 is 7.10. The van der Waals surface area contributed by atoms with Crippen LogP contribution in [0.25, 0.3) is 10.2 Å². The number of nitro groups is 1. The summed E-state index contributed by atoms with van der Waals surface area (Å²) in [4.78, 5) is 43.3. The van der Waals surface area contributed by atoms with Gasteiger partial charge in [-0.25, -0.2) is 9.66 Å². The Kier molecular flexibility index (Phi) is 5.17. The first kappa shape index (κ1) is 22.1. The van der Waals surface area contributed by atoms with Crippen LogP contribution in [0.15, 0.2) is 29.1 Å². The summed E-state index contributed by atoms with van der Waals surface area (Å²) in [5.41, 5.74) is 2.39. The van der Waals surface area contributed by atoms with Crippen molar-refractivity contribution in [1.82, 2.24) is 9.66 Å². The van der Waals surface area contributed by atoms with E-state index in [4.69, 9.17) is 9.72 Å². The van der Waals surface area contributed by atoms with Crippen molar-refractivity contribution < 1.29 is 14.5 Å². The van der Waals surface area contributed by atoms with Crippen LogP contribution in [-0.2, 0) is 23.2 Å². The molecular weight excluding hydrogens is 432 g/mol.